The first-order valence-electron chi connectivity index (χ1n) is 4.25. The molecule has 0 unspecified atom stereocenters. The molecule has 2 rings (SSSR count). The van der Waals surface area contributed by atoms with Gasteiger partial charge < -0.3 is 9.72 Å². The van der Waals surface area contributed by atoms with Gasteiger partial charge in [0.25, 0.3) is 0 Å². The van der Waals surface area contributed by atoms with Crippen LogP contribution in [0.4, 0.5) is 13.2 Å². The average Bonchev–Trinajstić information content (AvgIpc) is 2.59. The van der Waals surface area contributed by atoms with Crippen molar-refractivity contribution in [1.29, 1.82) is 0 Å². The number of ether oxygens (including phenoxy) is 1. The summed E-state index contributed by atoms with van der Waals surface area (Å²) in [6.45, 7) is 0. The predicted octanol–water partition coefficient (Wildman–Crippen LogP) is 3.20. The van der Waals surface area contributed by atoms with E-state index in [9.17, 15) is 13.2 Å². The summed E-state index contributed by atoms with van der Waals surface area (Å²) in [4.78, 5) is 2.31. The molecular weight excluding hydrogens is 207 g/mol. The Bertz CT molecular complexity index is 487. The quantitative estimate of drug-likeness (QED) is 0.776. The number of hydrogen-bond acceptors (Lipinski definition) is 1. The first kappa shape index (κ1) is 9.89. The smallest absolute Gasteiger partial charge is 0.431 e. The second kappa shape index (κ2) is 3.18. The van der Waals surface area contributed by atoms with E-state index in [1.807, 2.05) is 0 Å². The third-order valence-electron chi connectivity index (χ3n) is 2.14. The maximum Gasteiger partial charge on any atom is 0.431 e. The molecule has 1 aromatic carbocycles. The summed E-state index contributed by atoms with van der Waals surface area (Å²) in [7, 11) is 1.42. The molecule has 2 nitrogen and oxygen atoms in total. The van der Waals surface area contributed by atoms with E-state index in [0.717, 1.165) is 6.07 Å². The standard InChI is InChI=1S/C10H8F3NO/c1-15-7-4-2-3-6-5-8(10(11,12)13)14-9(6)7/h2-5,14H,1H3. The molecule has 0 amide bonds. The Balaban J connectivity index is 2.65. The van der Waals surface area contributed by atoms with Crippen molar-refractivity contribution in [2.45, 2.75) is 6.18 Å². The third-order valence-corrected chi connectivity index (χ3v) is 2.14. The lowest BCUT2D eigenvalue weighted by molar-refractivity contribution is -0.140. The van der Waals surface area contributed by atoms with Gasteiger partial charge in [0.05, 0.1) is 12.6 Å². The highest BCUT2D eigenvalue weighted by atomic mass is 19.4. The summed E-state index contributed by atoms with van der Waals surface area (Å²) < 4.78 is 42.1. The lowest BCUT2D eigenvalue weighted by Gasteiger charge is -2.02. The Morgan fingerprint density at radius 1 is 1.27 bits per heavy atom. The van der Waals surface area contributed by atoms with Crippen molar-refractivity contribution in [3.63, 3.8) is 0 Å². The van der Waals surface area contributed by atoms with Gasteiger partial charge in [0.15, 0.2) is 0 Å². The number of alkyl halides is 3. The van der Waals surface area contributed by atoms with Crippen molar-refractivity contribution in [3.8, 4) is 5.75 Å². The molecule has 1 N–H and O–H groups in total. The van der Waals surface area contributed by atoms with Gasteiger partial charge in [-0.3, -0.25) is 0 Å². The van der Waals surface area contributed by atoms with Gasteiger partial charge in [0, 0.05) is 5.39 Å². The molecule has 5 heteroatoms. The van der Waals surface area contributed by atoms with E-state index in [4.69, 9.17) is 4.74 Å². The van der Waals surface area contributed by atoms with E-state index in [1.165, 1.54) is 7.11 Å². The minimum atomic E-state index is -4.36. The van der Waals surface area contributed by atoms with E-state index in [-0.39, 0.29) is 0 Å². The Morgan fingerprint density at radius 2 is 2.00 bits per heavy atom. The van der Waals surface area contributed by atoms with E-state index < -0.39 is 11.9 Å². The molecule has 0 saturated carbocycles. The Morgan fingerprint density at radius 3 is 2.60 bits per heavy atom. The maximum absolute atomic E-state index is 12.4. The zero-order valence-electron chi connectivity index (χ0n) is 7.85. The van der Waals surface area contributed by atoms with Crippen LogP contribution in [0.3, 0.4) is 0 Å². The Labute approximate surface area is 83.7 Å². The number of H-pyrrole nitrogens is 1. The number of nitrogens with one attached hydrogen (secondary N) is 1. The van der Waals surface area contributed by atoms with Crippen molar-refractivity contribution < 1.29 is 17.9 Å². The molecule has 15 heavy (non-hydrogen) atoms. The summed E-state index contributed by atoms with van der Waals surface area (Å²) in [5, 5.41) is 0.488. The number of aromatic nitrogens is 1. The van der Waals surface area contributed by atoms with Crippen LogP contribution >= 0.6 is 0 Å². The number of halogens is 3. The zero-order chi connectivity index (χ0) is 11.1. The average molecular weight is 215 g/mol. The fourth-order valence-corrected chi connectivity index (χ4v) is 1.45. The highest BCUT2D eigenvalue weighted by Crippen LogP contribution is 2.33. The lowest BCUT2D eigenvalue weighted by Crippen LogP contribution is -2.04. The summed E-state index contributed by atoms with van der Waals surface area (Å²) in [6.07, 6.45) is -4.36. The van der Waals surface area contributed by atoms with Crippen molar-refractivity contribution in [3.05, 3.63) is 30.0 Å². The summed E-state index contributed by atoms with van der Waals surface area (Å²) in [6, 6.07) is 5.93. The zero-order valence-corrected chi connectivity index (χ0v) is 7.85. The molecule has 0 atom stereocenters. The van der Waals surface area contributed by atoms with Crippen molar-refractivity contribution in [2.24, 2.45) is 0 Å². The molecule has 0 saturated heterocycles. The number of fused-ring (bicyclic) bond motifs is 1. The number of methoxy groups -OCH3 is 1. The second-order valence-corrected chi connectivity index (χ2v) is 3.11. The van der Waals surface area contributed by atoms with E-state index in [2.05, 4.69) is 4.98 Å². The highest BCUT2D eigenvalue weighted by molar-refractivity contribution is 5.86. The second-order valence-electron chi connectivity index (χ2n) is 3.11. The lowest BCUT2D eigenvalue weighted by atomic mass is 10.2. The minimum absolute atomic E-state index is 0.368. The van der Waals surface area contributed by atoms with Gasteiger partial charge in [-0.25, -0.2) is 0 Å². The number of para-hydroxylation sites is 1. The van der Waals surface area contributed by atoms with Crippen LogP contribution in [0, 0.1) is 0 Å². The van der Waals surface area contributed by atoms with Gasteiger partial charge in [-0.1, -0.05) is 12.1 Å². The fraction of sp³-hybridized carbons (Fsp3) is 0.200. The summed E-state index contributed by atoms with van der Waals surface area (Å²) in [5.41, 5.74) is -0.394. The summed E-state index contributed by atoms with van der Waals surface area (Å²) >= 11 is 0. The normalized spacial score (nSPS) is 12.0. The molecular formula is C10H8F3NO. The van der Waals surface area contributed by atoms with Crippen LogP contribution in [0.1, 0.15) is 5.69 Å². The largest absolute Gasteiger partial charge is 0.495 e. The number of benzene rings is 1. The van der Waals surface area contributed by atoms with Gasteiger partial charge in [-0.05, 0) is 12.1 Å². The van der Waals surface area contributed by atoms with Crippen LogP contribution in [0.2, 0.25) is 0 Å². The van der Waals surface area contributed by atoms with Crippen molar-refractivity contribution >= 4 is 10.9 Å². The molecule has 0 aliphatic heterocycles. The molecule has 0 spiro atoms. The molecule has 0 radical (unpaired) electrons. The van der Waals surface area contributed by atoms with Gasteiger partial charge in [0.1, 0.15) is 11.4 Å². The van der Waals surface area contributed by atoms with Crippen LogP contribution in [-0.4, -0.2) is 12.1 Å². The number of hydrogen-bond donors (Lipinski definition) is 1. The molecule has 1 heterocycles. The first-order valence-corrected chi connectivity index (χ1v) is 4.25. The van der Waals surface area contributed by atoms with E-state index >= 15 is 0 Å². The number of aromatic amines is 1. The first-order chi connectivity index (χ1) is 7.02. The summed E-state index contributed by atoms with van der Waals surface area (Å²) in [5.74, 6) is 0.406. The number of rotatable bonds is 1. The molecule has 0 bridgehead atoms. The SMILES string of the molecule is COc1cccc2cc(C(F)(F)F)[nH]c12. The molecule has 0 aliphatic carbocycles. The highest BCUT2D eigenvalue weighted by Gasteiger charge is 2.32. The van der Waals surface area contributed by atoms with Crippen LogP contribution in [-0.2, 0) is 6.18 Å². The van der Waals surface area contributed by atoms with Gasteiger partial charge in [0.2, 0.25) is 0 Å². The minimum Gasteiger partial charge on any atom is -0.495 e. The van der Waals surface area contributed by atoms with Gasteiger partial charge in [-0.2, -0.15) is 13.2 Å². The molecule has 0 aliphatic rings. The third kappa shape index (κ3) is 1.65. The molecule has 2 aromatic rings. The maximum atomic E-state index is 12.4. The monoisotopic (exact) mass is 215 g/mol. The predicted molar refractivity (Wildman–Crippen MR) is 49.9 cm³/mol. The van der Waals surface area contributed by atoms with Crippen LogP contribution in [0.25, 0.3) is 10.9 Å². The van der Waals surface area contributed by atoms with Crippen LogP contribution in [0.15, 0.2) is 24.3 Å². The van der Waals surface area contributed by atoms with E-state index in [0.29, 0.717) is 16.7 Å². The van der Waals surface area contributed by atoms with Crippen molar-refractivity contribution in [1.82, 2.24) is 4.98 Å². The Hall–Kier alpha value is -1.65. The van der Waals surface area contributed by atoms with Crippen LogP contribution in [0.5, 0.6) is 5.75 Å². The molecule has 1 aromatic heterocycles. The van der Waals surface area contributed by atoms with Crippen LogP contribution < -0.4 is 4.74 Å². The topological polar surface area (TPSA) is 25.0 Å². The molecule has 0 fully saturated rings. The fourth-order valence-electron chi connectivity index (χ4n) is 1.45. The van der Waals surface area contributed by atoms with Gasteiger partial charge in [-0.15, -0.1) is 0 Å². The van der Waals surface area contributed by atoms with E-state index in [1.54, 1.807) is 18.2 Å². The van der Waals surface area contributed by atoms with Gasteiger partial charge >= 0.3 is 6.18 Å². The molecule has 80 valence electrons. The van der Waals surface area contributed by atoms with Crippen molar-refractivity contribution in [2.75, 3.05) is 7.11 Å². The Kier molecular flexibility index (Phi) is 2.10.